The first-order chi connectivity index (χ1) is 8.56. The van der Waals surface area contributed by atoms with Crippen LogP contribution in [0.5, 0.6) is 0 Å². The molecule has 0 radical (unpaired) electrons. The van der Waals surface area contributed by atoms with Crippen LogP contribution >= 0.6 is 23.3 Å². The fraction of sp³-hybridized carbons (Fsp3) is 0.222. The van der Waals surface area contributed by atoms with Crippen molar-refractivity contribution in [1.82, 2.24) is 14.3 Å². The van der Waals surface area contributed by atoms with E-state index in [1.165, 1.54) is 35.6 Å². The summed E-state index contributed by atoms with van der Waals surface area (Å²) in [5, 5.41) is 10.5. The summed E-state index contributed by atoms with van der Waals surface area (Å²) >= 11 is 2.50. The monoisotopic (exact) mass is 284 g/mol. The second-order valence-corrected chi connectivity index (χ2v) is 5.32. The van der Waals surface area contributed by atoms with Gasteiger partial charge in [0.2, 0.25) is 0 Å². The maximum absolute atomic E-state index is 11.7. The average molecular weight is 284 g/mol. The van der Waals surface area contributed by atoms with E-state index in [1.54, 1.807) is 6.92 Å². The summed E-state index contributed by atoms with van der Waals surface area (Å²) in [6.07, 6.45) is 1.20. The molecule has 2 aromatic rings. The molecule has 18 heavy (non-hydrogen) atoms. The highest BCUT2D eigenvalue weighted by atomic mass is 32.2. The van der Waals surface area contributed by atoms with Gasteiger partial charge in [-0.15, -0.1) is 0 Å². The van der Waals surface area contributed by atoms with Crippen molar-refractivity contribution < 1.29 is 9.72 Å². The first kappa shape index (κ1) is 12.7. The van der Waals surface area contributed by atoms with Crippen LogP contribution in [0.4, 0.5) is 5.69 Å². The molecule has 0 spiro atoms. The van der Waals surface area contributed by atoms with Gasteiger partial charge >= 0.3 is 0 Å². The van der Waals surface area contributed by atoms with Crippen molar-refractivity contribution in [2.75, 3.05) is 5.75 Å². The van der Waals surface area contributed by atoms with Crippen molar-refractivity contribution in [3.05, 3.63) is 33.9 Å². The molecule has 0 saturated carbocycles. The van der Waals surface area contributed by atoms with Crippen LogP contribution in [0.15, 0.2) is 16.6 Å². The molecular formula is C9H8N4O3S2. The summed E-state index contributed by atoms with van der Waals surface area (Å²) in [5.74, 6) is 0.637. The van der Waals surface area contributed by atoms with Crippen LogP contribution in [-0.4, -0.2) is 30.8 Å². The second-order valence-electron chi connectivity index (χ2n) is 3.35. The number of aryl methyl sites for hydroxylation is 1. The summed E-state index contributed by atoms with van der Waals surface area (Å²) in [4.78, 5) is 28.4. The first-order valence-electron chi connectivity index (χ1n) is 4.85. The Labute approximate surface area is 110 Å². The number of aromatic nitrogens is 3. The summed E-state index contributed by atoms with van der Waals surface area (Å²) in [6.45, 7) is 1.77. The third kappa shape index (κ3) is 2.93. The lowest BCUT2D eigenvalue weighted by atomic mass is 10.3. The van der Waals surface area contributed by atoms with Crippen LogP contribution in [-0.2, 0) is 0 Å². The Kier molecular flexibility index (Phi) is 3.72. The van der Waals surface area contributed by atoms with E-state index in [0.29, 0.717) is 10.2 Å². The highest BCUT2D eigenvalue weighted by molar-refractivity contribution is 8.01. The molecule has 2 heterocycles. The topological polar surface area (TPSA) is 102 Å². The highest BCUT2D eigenvalue weighted by Crippen LogP contribution is 2.21. The molecule has 0 fully saturated rings. The number of ketones is 1. The number of aromatic amines is 1. The van der Waals surface area contributed by atoms with Gasteiger partial charge in [-0.3, -0.25) is 14.9 Å². The number of carbonyl (C=O) groups excluding carboxylic acids is 1. The Hall–Kier alpha value is -1.74. The van der Waals surface area contributed by atoms with Gasteiger partial charge in [-0.05, 0) is 18.5 Å². The number of hydrogen-bond acceptors (Lipinski definition) is 7. The molecule has 2 aromatic heterocycles. The lowest BCUT2D eigenvalue weighted by molar-refractivity contribution is -0.384. The SMILES string of the molecule is Cc1nsc(SCC(=O)c2cc([N+](=O)[O-])c[nH]2)n1. The molecule has 0 aliphatic heterocycles. The molecule has 0 unspecified atom stereocenters. The summed E-state index contributed by atoms with van der Waals surface area (Å²) in [7, 11) is 0. The van der Waals surface area contributed by atoms with Crippen LogP contribution in [0.3, 0.4) is 0 Å². The van der Waals surface area contributed by atoms with Crippen molar-refractivity contribution in [2.24, 2.45) is 0 Å². The first-order valence-corrected chi connectivity index (χ1v) is 6.61. The lowest BCUT2D eigenvalue weighted by Gasteiger charge is -1.94. The summed E-state index contributed by atoms with van der Waals surface area (Å²) in [6, 6.07) is 1.23. The van der Waals surface area contributed by atoms with Gasteiger partial charge in [-0.1, -0.05) is 11.8 Å². The van der Waals surface area contributed by atoms with Gasteiger partial charge in [-0.2, -0.15) is 4.37 Å². The number of thioether (sulfide) groups is 1. The molecule has 0 atom stereocenters. The molecule has 94 valence electrons. The van der Waals surface area contributed by atoms with Gasteiger partial charge in [0.25, 0.3) is 5.69 Å². The van der Waals surface area contributed by atoms with Crippen LogP contribution in [0.25, 0.3) is 0 Å². The van der Waals surface area contributed by atoms with E-state index < -0.39 is 4.92 Å². The fourth-order valence-corrected chi connectivity index (χ4v) is 2.72. The van der Waals surface area contributed by atoms with Crippen molar-refractivity contribution >= 4 is 34.8 Å². The third-order valence-corrected chi connectivity index (χ3v) is 3.94. The minimum atomic E-state index is -0.547. The van der Waals surface area contributed by atoms with Crippen molar-refractivity contribution in [3.8, 4) is 0 Å². The Morgan fingerprint density at radius 2 is 2.44 bits per heavy atom. The lowest BCUT2D eigenvalue weighted by Crippen LogP contribution is -2.02. The number of nitrogens with one attached hydrogen (secondary N) is 1. The van der Waals surface area contributed by atoms with Gasteiger partial charge < -0.3 is 4.98 Å². The molecule has 0 aliphatic carbocycles. The Bertz CT molecular complexity index is 592. The van der Waals surface area contributed by atoms with E-state index in [-0.39, 0.29) is 22.9 Å². The molecule has 2 rings (SSSR count). The van der Waals surface area contributed by atoms with Crippen LogP contribution < -0.4 is 0 Å². The predicted octanol–water partition coefficient (Wildman–Crippen LogP) is 2.06. The molecule has 1 N–H and O–H groups in total. The second kappa shape index (κ2) is 5.27. The third-order valence-electron chi connectivity index (χ3n) is 2.01. The van der Waals surface area contributed by atoms with Crippen LogP contribution in [0.1, 0.15) is 16.3 Å². The van der Waals surface area contributed by atoms with E-state index in [0.717, 1.165) is 0 Å². The zero-order valence-electron chi connectivity index (χ0n) is 9.24. The van der Waals surface area contributed by atoms with E-state index in [2.05, 4.69) is 14.3 Å². The van der Waals surface area contributed by atoms with Gasteiger partial charge in [0.05, 0.1) is 22.6 Å². The normalized spacial score (nSPS) is 10.5. The van der Waals surface area contributed by atoms with Gasteiger partial charge in [0.15, 0.2) is 10.1 Å². The number of Topliss-reactive ketones (excluding diaryl/α,β-unsaturated/α-hetero) is 1. The van der Waals surface area contributed by atoms with Crippen molar-refractivity contribution in [3.63, 3.8) is 0 Å². The Balaban J connectivity index is 1.97. The van der Waals surface area contributed by atoms with Gasteiger partial charge in [0.1, 0.15) is 5.82 Å². The molecule has 0 saturated heterocycles. The van der Waals surface area contributed by atoms with E-state index in [1.807, 2.05) is 0 Å². The minimum Gasteiger partial charge on any atom is -0.353 e. The molecule has 7 nitrogen and oxygen atoms in total. The van der Waals surface area contributed by atoms with Crippen LogP contribution in [0, 0.1) is 17.0 Å². The largest absolute Gasteiger partial charge is 0.353 e. The molecule has 9 heteroatoms. The molecule has 0 amide bonds. The summed E-state index contributed by atoms with van der Waals surface area (Å²) < 4.78 is 4.71. The zero-order valence-corrected chi connectivity index (χ0v) is 10.9. The quantitative estimate of drug-likeness (QED) is 0.390. The molecule has 0 bridgehead atoms. The number of rotatable bonds is 5. The number of H-pyrrole nitrogens is 1. The Morgan fingerprint density at radius 1 is 1.67 bits per heavy atom. The molecular weight excluding hydrogens is 276 g/mol. The van der Waals surface area contributed by atoms with E-state index in [4.69, 9.17) is 0 Å². The van der Waals surface area contributed by atoms with Crippen molar-refractivity contribution in [2.45, 2.75) is 11.3 Å². The molecule has 0 aromatic carbocycles. The smallest absolute Gasteiger partial charge is 0.287 e. The standard InChI is InChI=1S/C9H8N4O3S2/c1-5-11-9(18-12-5)17-4-8(14)7-2-6(3-10-7)13(15)16/h2-3,10H,4H2,1H3. The number of nitrogens with zero attached hydrogens (tertiary/aromatic N) is 3. The van der Waals surface area contributed by atoms with Crippen LogP contribution in [0.2, 0.25) is 0 Å². The van der Waals surface area contributed by atoms with E-state index >= 15 is 0 Å². The Morgan fingerprint density at radius 3 is 3.00 bits per heavy atom. The van der Waals surface area contributed by atoms with Gasteiger partial charge in [-0.25, -0.2) is 4.98 Å². The van der Waals surface area contributed by atoms with E-state index in [9.17, 15) is 14.9 Å². The van der Waals surface area contributed by atoms with Gasteiger partial charge in [0, 0.05) is 6.07 Å². The number of nitro groups is 1. The van der Waals surface area contributed by atoms with Crippen molar-refractivity contribution in [1.29, 1.82) is 0 Å². The maximum atomic E-state index is 11.7. The highest BCUT2D eigenvalue weighted by Gasteiger charge is 2.15. The maximum Gasteiger partial charge on any atom is 0.287 e. The average Bonchev–Trinajstić information content (AvgIpc) is 2.94. The number of carbonyl (C=O) groups is 1. The molecule has 0 aliphatic rings. The minimum absolute atomic E-state index is 0.116. The predicted molar refractivity (Wildman–Crippen MR) is 67.1 cm³/mol. The number of hydrogen-bond donors (Lipinski definition) is 1. The summed E-state index contributed by atoms with van der Waals surface area (Å²) in [5.41, 5.74) is 0.116. The zero-order chi connectivity index (χ0) is 13.1. The fourth-order valence-electron chi connectivity index (χ4n) is 1.19.